The van der Waals surface area contributed by atoms with Crippen LogP contribution in [0, 0.1) is 0 Å². The third kappa shape index (κ3) is 3.95. The third-order valence-electron chi connectivity index (χ3n) is 3.47. The van der Waals surface area contributed by atoms with Gasteiger partial charge in [0.05, 0.1) is 11.3 Å². The summed E-state index contributed by atoms with van der Waals surface area (Å²) in [6.45, 7) is 4.50. The van der Waals surface area contributed by atoms with Gasteiger partial charge in [0.1, 0.15) is 9.84 Å². The molecule has 6 heteroatoms. The van der Waals surface area contributed by atoms with Crippen LogP contribution in [0.1, 0.15) is 20.3 Å². The second kappa shape index (κ2) is 6.75. The van der Waals surface area contributed by atoms with Gasteiger partial charge in [-0.1, -0.05) is 13.8 Å². The summed E-state index contributed by atoms with van der Waals surface area (Å²) in [6, 6.07) is 6.05. The summed E-state index contributed by atoms with van der Waals surface area (Å²) >= 11 is 1.77. The second-order valence-electron chi connectivity index (χ2n) is 4.98. The number of benzene rings is 1. The molecule has 1 aromatic carbocycles. The maximum atomic E-state index is 11.6. The molecule has 0 radical (unpaired) electrons. The Balaban J connectivity index is 2.22. The van der Waals surface area contributed by atoms with Gasteiger partial charge < -0.3 is 10.3 Å². The Hall–Kier alpha value is -1.14. The first kappa shape index (κ1) is 16.2. The average molecular weight is 326 g/mol. The number of nitrogens with zero attached hydrogens (tertiary/aromatic N) is 1. The Labute approximate surface area is 130 Å². The first-order valence-electron chi connectivity index (χ1n) is 7.18. The number of sulfone groups is 1. The molecule has 1 heterocycles. The number of anilines is 1. The van der Waals surface area contributed by atoms with E-state index in [1.807, 2.05) is 18.3 Å². The largest absolute Gasteiger partial charge is 0.399 e. The minimum atomic E-state index is -2.89. The van der Waals surface area contributed by atoms with Crippen LogP contribution < -0.4 is 5.73 Å². The molecule has 0 atom stereocenters. The highest BCUT2D eigenvalue weighted by molar-refractivity contribution is 7.99. The van der Waals surface area contributed by atoms with Crippen molar-refractivity contribution >= 4 is 38.2 Å². The summed E-state index contributed by atoms with van der Waals surface area (Å²) in [5, 5.41) is 1.19. The van der Waals surface area contributed by atoms with E-state index in [0.29, 0.717) is 13.0 Å². The minimum Gasteiger partial charge on any atom is -0.399 e. The number of fused-ring (bicyclic) bond motifs is 1. The summed E-state index contributed by atoms with van der Waals surface area (Å²) in [5.74, 6) is 1.45. The van der Waals surface area contributed by atoms with Crippen molar-refractivity contribution in [2.24, 2.45) is 0 Å². The Morgan fingerprint density at radius 3 is 2.71 bits per heavy atom. The lowest BCUT2D eigenvalue weighted by atomic mass is 10.2. The van der Waals surface area contributed by atoms with Crippen LogP contribution in [0.25, 0.3) is 10.9 Å². The van der Waals surface area contributed by atoms with E-state index >= 15 is 0 Å². The lowest BCUT2D eigenvalue weighted by Crippen LogP contribution is -2.11. The molecular weight excluding hydrogens is 304 g/mol. The van der Waals surface area contributed by atoms with Crippen molar-refractivity contribution in [1.82, 2.24) is 4.57 Å². The Kier molecular flexibility index (Phi) is 5.22. The number of nitrogens with two attached hydrogens (primary N) is 1. The summed E-state index contributed by atoms with van der Waals surface area (Å²) in [7, 11) is -2.89. The SMILES string of the molecule is CCSc1cc(N)cc2c1ccn2CCCS(=O)(=O)CC. The van der Waals surface area contributed by atoms with Gasteiger partial charge >= 0.3 is 0 Å². The maximum Gasteiger partial charge on any atom is 0.150 e. The monoisotopic (exact) mass is 326 g/mol. The molecule has 1 aromatic heterocycles. The molecule has 0 aliphatic carbocycles. The molecule has 0 fully saturated rings. The van der Waals surface area contributed by atoms with Crippen molar-refractivity contribution in [3.63, 3.8) is 0 Å². The number of aryl methyl sites for hydroxylation is 1. The molecule has 0 bridgehead atoms. The number of hydrogen-bond donors (Lipinski definition) is 1. The predicted molar refractivity (Wildman–Crippen MR) is 91.7 cm³/mol. The van der Waals surface area contributed by atoms with Crippen LogP contribution in [-0.2, 0) is 16.4 Å². The standard InChI is InChI=1S/C15H22N2O2S2/c1-3-20-15-11-12(16)10-14-13(15)6-8-17(14)7-5-9-21(18,19)4-2/h6,8,10-11H,3-5,7,9,16H2,1-2H3. The zero-order valence-electron chi connectivity index (χ0n) is 12.5. The lowest BCUT2D eigenvalue weighted by Gasteiger charge is -2.08. The number of aromatic nitrogens is 1. The van der Waals surface area contributed by atoms with Crippen molar-refractivity contribution in [2.45, 2.75) is 31.7 Å². The highest BCUT2D eigenvalue weighted by Gasteiger charge is 2.10. The molecule has 0 spiro atoms. The molecule has 2 N–H and O–H groups in total. The van der Waals surface area contributed by atoms with E-state index < -0.39 is 9.84 Å². The normalized spacial score (nSPS) is 12.1. The van der Waals surface area contributed by atoms with E-state index in [-0.39, 0.29) is 11.5 Å². The summed E-state index contributed by atoms with van der Waals surface area (Å²) in [6.07, 6.45) is 2.65. The fourth-order valence-corrected chi connectivity index (χ4v) is 4.07. The number of rotatable bonds is 7. The molecule has 0 amide bonds. The highest BCUT2D eigenvalue weighted by atomic mass is 32.2. The average Bonchev–Trinajstić information content (AvgIpc) is 2.82. The molecule has 4 nitrogen and oxygen atoms in total. The molecule has 0 unspecified atom stereocenters. The lowest BCUT2D eigenvalue weighted by molar-refractivity contribution is 0.589. The van der Waals surface area contributed by atoms with E-state index in [2.05, 4.69) is 17.6 Å². The number of nitrogen functional groups attached to an aromatic ring is 1. The van der Waals surface area contributed by atoms with Crippen molar-refractivity contribution in [3.8, 4) is 0 Å². The second-order valence-corrected chi connectivity index (χ2v) is 8.76. The van der Waals surface area contributed by atoms with Crippen molar-refractivity contribution < 1.29 is 8.42 Å². The van der Waals surface area contributed by atoms with Gasteiger partial charge in [-0.15, -0.1) is 11.8 Å². The smallest absolute Gasteiger partial charge is 0.150 e. The van der Waals surface area contributed by atoms with Crippen molar-refractivity contribution in [2.75, 3.05) is 23.0 Å². The van der Waals surface area contributed by atoms with E-state index in [9.17, 15) is 8.42 Å². The Morgan fingerprint density at radius 1 is 1.29 bits per heavy atom. The highest BCUT2D eigenvalue weighted by Crippen LogP contribution is 2.31. The molecule has 0 saturated heterocycles. The van der Waals surface area contributed by atoms with Crippen LogP contribution in [-0.4, -0.2) is 30.2 Å². The van der Waals surface area contributed by atoms with Gasteiger partial charge in [-0.3, -0.25) is 0 Å². The van der Waals surface area contributed by atoms with Crippen molar-refractivity contribution in [1.29, 1.82) is 0 Å². The minimum absolute atomic E-state index is 0.212. The zero-order valence-corrected chi connectivity index (χ0v) is 14.1. The first-order valence-corrected chi connectivity index (χ1v) is 9.99. The predicted octanol–water partition coefficient (Wildman–Crippen LogP) is 3.16. The molecule has 0 aliphatic rings. The van der Waals surface area contributed by atoms with E-state index in [0.717, 1.165) is 17.0 Å². The van der Waals surface area contributed by atoms with E-state index in [4.69, 9.17) is 5.73 Å². The van der Waals surface area contributed by atoms with Crippen LogP contribution in [0.2, 0.25) is 0 Å². The van der Waals surface area contributed by atoms with Crippen molar-refractivity contribution in [3.05, 3.63) is 24.4 Å². The van der Waals surface area contributed by atoms with Gasteiger partial charge in [-0.05, 0) is 30.4 Å². The van der Waals surface area contributed by atoms with E-state index in [1.54, 1.807) is 18.7 Å². The van der Waals surface area contributed by atoms with Gasteiger partial charge in [0.2, 0.25) is 0 Å². The van der Waals surface area contributed by atoms with Gasteiger partial charge in [-0.25, -0.2) is 8.42 Å². The molecular formula is C15H22N2O2S2. The van der Waals surface area contributed by atoms with Gasteiger partial charge in [0.25, 0.3) is 0 Å². The summed E-state index contributed by atoms with van der Waals surface area (Å²) < 4.78 is 25.2. The maximum absolute atomic E-state index is 11.6. The van der Waals surface area contributed by atoms with Crippen LogP contribution in [0.15, 0.2) is 29.3 Å². The fourth-order valence-electron chi connectivity index (χ4n) is 2.35. The molecule has 2 aromatic rings. The third-order valence-corrected chi connectivity index (χ3v) is 6.19. The van der Waals surface area contributed by atoms with Gasteiger partial charge in [0, 0.05) is 34.5 Å². The zero-order chi connectivity index (χ0) is 15.5. The summed E-state index contributed by atoms with van der Waals surface area (Å²) in [4.78, 5) is 1.19. The van der Waals surface area contributed by atoms with Crippen LogP contribution >= 0.6 is 11.8 Å². The van der Waals surface area contributed by atoms with Gasteiger partial charge in [-0.2, -0.15) is 0 Å². The van der Waals surface area contributed by atoms with Gasteiger partial charge in [0.15, 0.2) is 0 Å². The Bertz CT molecular complexity index is 721. The summed E-state index contributed by atoms with van der Waals surface area (Å²) in [5.41, 5.74) is 7.81. The topological polar surface area (TPSA) is 65.1 Å². The van der Waals surface area contributed by atoms with E-state index in [1.165, 1.54) is 10.3 Å². The molecule has 2 rings (SSSR count). The van der Waals surface area contributed by atoms with Crippen LogP contribution in [0.3, 0.4) is 0 Å². The Morgan fingerprint density at radius 2 is 2.05 bits per heavy atom. The molecule has 0 aliphatic heterocycles. The van der Waals surface area contributed by atoms with Crippen LogP contribution in [0.5, 0.6) is 0 Å². The number of thioether (sulfide) groups is 1. The first-order chi connectivity index (χ1) is 9.96. The number of hydrogen-bond acceptors (Lipinski definition) is 4. The molecule has 21 heavy (non-hydrogen) atoms. The molecule has 116 valence electrons. The fraction of sp³-hybridized carbons (Fsp3) is 0.467. The quantitative estimate of drug-likeness (QED) is 0.627. The van der Waals surface area contributed by atoms with Crippen LogP contribution in [0.4, 0.5) is 5.69 Å². The molecule has 0 saturated carbocycles.